The van der Waals surface area contributed by atoms with Gasteiger partial charge in [-0.25, -0.2) is 9.97 Å². The van der Waals surface area contributed by atoms with Gasteiger partial charge in [-0.1, -0.05) is 11.6 Å². The molecule has 3 rings (SSSR count). The fraction of sp³-hybridized carbons (Fsp3) is 0.519. The maximum atomic E-state index is 13.3. The third-order valence-electron chi connectivity index (χ3n) is 6.80. The Bertz CT molecular complexity index is 1240. The molecular weight excluding hydrogens is 549 g/mol. The summed E-state index contributed by atoms with van der Waals surface area (Å²) in [5.41, 5.74) is 7.92. The number of aliphatic hydroxyl groups is 1. The van der Waals surface area contributed by atoms with Crippen molar-refractivity contribution in [3.8, 4) is 17.1 Å². The molecule has 1 aliphatic rings. The number of carbonyl (C=O) groups excluding carboxylic acids is 1. The number of nitrogens with zero attached hydrogens (tertiary/aromatic N) is 4. The first-order chi connectivity index (χ1) is 18.7. The summed E-state index contributed by atoms with van der Waals surface area (Å²) < 4.78 is 45.6. The molecular formula is C27H36ClF3N6O3. The Morgan fingerprint density at radius 2 is 1.88 bits per heavy atom. The number of aliphatic hydroxyl groups excluding tert-OH is 1. The minimum Gasteiger partial charge on any atom is -0.491 e. The van der Waals surface area contributed by atoms with E-state index in [2.05, 4.69) is 10.3 Å². The number of Topliss-reactive ketones (excluding diaryl/α,β-unsaturated/α-hetero) is 1. The number of ether oxygens (including phenoxy) is 1. The van der Waals surface area contributed by atoms with Gasteiger partial charge in [-0.2, -0.15) is 13.2 Å². The van der Waals surface area contributed by atoms with Crippen molar-refractivity contribution in [3.63, 3.8) is 0 Å². The van der Waals surface area contributed by atoms with Crippen LogP contribution < -0.4 is 20.7 Å². The molecule has 9 nitrogen and oxygen atoms in total. The molecule has 0 bridgehead atoms. The van der Waals surface area contributed by atoms with Crippen molar-refractivity contribution in [2.75, 3.05) is 51.3 Å². The van der Waals surface area contributed by atoms with Crippen molar-refractivity contribution in [1.82, 2.24) is 20.2 Å². The number of nitrogens with one attached hydrogen (secondary N) is 1. The van der Waals surface area contributed by atoms with Gasteiger partial charge >= 0.3 is 6.18 Å². The van der Waals surface area contributed by atoms with Crippen LogP contribution in [0, 0.1) is 6.92 Å². The quantitative estimate of drug-likeness (QED) is 0.361. The number of likely N-dealkylation sites (N-methyl/N-ethyl adjacent to an activating group) is 1. The average molecular weight is 585 g/mol. The summed E-state index contributed by atoms with van der Waals surface area (Å²) in [7, 11) is 1.72. The molecule has 0 aliphatic carbocycles. The number of anilines is 1. The molecule has 4 N–H and O–H groups in total. The van der Waals surface area contributed by atoms with Crippen molar-refractivity contribution in [2.45, 2.75) is 46.0 Å². The van der Waals surface area contributed by atoms with E-state index in [1.54, 1.807) is 39.1 Å². The van der Waals surface area contributed by atoms with E-state index in [1.165, 1.54) is 11.8 Å². The maximum absolute atomic E-state index is 13.3. The summed E-state index contributed by atoms with van der Waals surface area (Å²) in [4.78, 5) is 25.3. The molecule has 1 fully saturated rings. The van der Waals surface area contributed by atoms with Crippen LogP contribution in [0.5, 0.6) is 5.75 Å². The SMILES string of the molecule is CNC[C@@H](O)COc1ccc(Cl)c(-c2nc(C(C(C)=O)=C(C)N)c(C)c(N3CCN([C@H](C)C(F)(F)F)CC3)n2)c1. The number of alkyl halides is 3. The molecule has 2 heterocycles. The zero-order chi connectivity index (χ0) is 29.8. The molecule has 13 heteroatoms. The first-order valence-corrected chi connectivity index (χ1v) is 13.3. The lowest BCUT2D eigenvalue weighted by Gasteiger charge is -2.39. The number of aromatic nitrogens is 2. The summed E-state index contributed by atoms with van der Waals surface area (Å²) in [5, 5.41) is 13.2. The summed E-state index contributed by atoms with van der Waals surface area (Å²) in [6, 6.07) is 3.35. The Kier molecular flexibility index (Phi) is 10.4. The molecule has 220 valence electrons. The molecule has 0 unspecified atom stereocenters. The number of benzene rings is 1. The predicted octanol–water partition coefficient (Wildman–Crippen LogP) is 3.42. The van der Waals surface area contributed by atoms with E-state index >= 15 is 0 Å². The Labute approximate surface area is 237 Å². The fourth-order valence-electron chi connectivity index (χ4n) is 4.59. The first-order valence-electron chi connectivity index (χ1n) is 12.9. The number of nitrogens with two attached hydrogens (primary N) is 1. The van der Waals surface area contributed by atoms with Gasteiger partial charge in [0.1, 0.15) is 30.3 Å². The largest absolute Gasteiger partial charge is 0.491 e. The van der Waals surface area contributed by atoms with E-state index in [4.69, 9.17) is 27.1 Å². The highest BCUT2D eigenvalue weighted by Crippen LogP contribution is 2.35. The van der Waals surface area contributed by atoms with Gasteiger partial charge in [0.2, 0.25) is 0 Å². The van der Waals surface area contributed by atoms with Crippen LogP contribution in [0.4, 0.5) is 19.0 Å². The van der Waals surface area contributed by atoms with E-state index in [0.717, 1.165) is 6.92 Å². The lowest BCUT2D eigenvalue weighted by molar-refractivity contribution is -0.179. The van der Waals surface area contributed by atoms with Gasteiger partial charge in [-0.05, 0) is 52.9 Å². The lowest BCUT2D eigenvalue weighted by atomic mass is 10.0. The molecule has 2 aromatic rings. The molecule has 2 atom stereocenters. The second kappa shape index (κ2) is 13.2. The smallest absolute Gasteiger partial charge is 0.403 e. The highest BCUT2D eigenvalue weighted by Gasteiger charge is 2.41. The van der Waals surface area contributed by atoms with Crippen molar-refractivity contribution in [3.05, 3.63) is 40.2 Å². The van der Waals surface area contributed by atoms with Crippen LogP contribution in [-0.4, -0.2) is 90.5 Å². The second-order valence-corrected chi connectivity index (χ2v) is 10.3. The zero-order valence-corrected chi connectivity index (χ0v) is 24.0. The summed E-state index contributed by atoms with van der Waals surface area (Å²) in [6.07, 6.45) is -5.05. The van der Waals surface area contributed by atoms with Crippen molar-refractivity contribution in [1.29, 1.82) is 0 Å². The van der Waals surface area contributed by atoms with Crippen LogP contribution in [0.25, 0.3) is 17.0 Å². The van der Waals surface area contributed by atoms with Gasteiger partial charge in [0, 0.05) is 49.5 Å². The van der Waals surface area contributed by atoms with Gasteiger partial charge in [-0.3, -0.25) is 9.69 Å². The van der Waals surface area contributed by atoms with Crippen molar-refractivity contribution >= 4 is 28.8 Å². The third kappa shape index (κ3) is 7.42. The number of hydrogen-bond acceptors (Lipinski definition) is 9. The number of piperazine rings is 1. The van der Waals surface area contributed by atoms with E-state index in [-0.39, 0.29) is 55.7 Å². The Balaban J connectivity index is 2.06. The van der Waals surface area contributed by atoms with Gasteiger partial charge in [0.05, 0.1) is 16.3 Å². The standard InChI is InChI=1S/C27H36ClF3N6O3/c1-15-24(23(16(2)32)17(3)38)34-25(21-12-20(6-7-22(21)28)40-14-19(39)13-33-5)35-26(15)37-10-8-36(9-11-37)18(4)27(29,30)31/h6-7,12,18-19,33,39H,8-11,13-14,32H2,1-5H3/t18-,19-/m1/s1. The van der Waals surface area contributed by atoms with Gasteiger partial charge in [0.25, 0.3) is 0 Å². The Morgan fingerprint density at radius 1 is 1.23 bits per heavy atom. The molecule has 1 aromatic carbocycles. The minimum absolute atomic E-state index is 0.0391. The molecule has 40 heavy (non-hydrogen) atoms. The summed E-state index contributed by atoms with van der Waals surface area (Å²) in [6.45, 7) is 7.24. The van der Waals surface area contributed by atoms with Gasteiger partial charge in [-0.15, -0.1) is 0 Å². The van der Waals surface area contributed by atoms with Crippen LogP contribution in [-0.2, 0) is 4.79 Å². The van der Waals surface area contributed by atoms with Crippen LogP contribution in [0.1, 0.15) is 32.0 Å². The van der Waals surface area contributed by atoms with Crippen molar-refractivity contribution < 1.29 is 27.8 Å². The number of ketones is 1. The predicted molar refractivity (Wildman–Crippen MR) is 149 cm³/mol. The monoisotopic (exact) mass is 584 g/mol. The van der Waals surface area contributed by atoms with E-state index in [0.29, 0.717) is 40.0 Å². The van der Waals surface area contributed by atoms with Crippen LogP contribution in [0.15, 0.2) is 23.9 Å². The van der Waals surface area contributed by atoms with Crippen LogP contribution in [0.3, 0.4) is 0 Å². The second-order valence-electron chi connectivity index (χ2n) is 9.86. The Hall–Kier alpha value is -2.93. The Morgan fingerprint density at radius 3 is 2.42 bits per heavy atom. The lowest BCUT2D eigenvalue weighted by Crippen LogP contribution is -2.54. The molecule has 1 saturated heterocycles. The summed E-state index contributed by atoms with van der Waals surface area (Å²) in [5.74, 6) is 0.817. The molecule has 0 saturated carbocycles. The van der Waals surface area contributed by atoms with Crippen LogP contribution in [0.2, 0.25) is 5.02 Å². The number of hydrogen-bond donors (Lipinski definition) is 3. The third-order valence-corrected chi connectivity index (χ3v) is 7.13. The highest BCUT2D eigenvalue weighted by molar-refractivity contribution is 6.33. The average Bonchev–Trinajstić information content (AvgIpc) is 2.88. The maximum Gasteiger partial charge on any atom is 0.403 e. The first kappa shape index (κ1) is 31.6. The number of allylic oxidation sites excluding steroid dienone is 2. The number of carbonyl (C=O) groups is 1. The molecule has 1 aromatic heterocycles. The highest BCUT2D eigenvalue weighted by atomic mass is 35.5. The van der Waals surface area contributed by atoms with E-state index in [9.17, 15) is 23.1 Å². The normalized spacial score (nSPS) is 16.9. The van der Waals surface area contributed by atoms with E-state index < -0.39 is 18.3 Å². The van der Waals surface area contributed by atoms with Gasteiger partial charge in [0.15, 0.2) is 11.6 Å². The molecule has 0 amide bonds. The topological polar surface area (TPSA) is 117 Å². The molecule has 1 aliphatic heterocycles. The van der Waals surface area contributed by atoms with Crippen molar-refractivity contribution in [2.24, 2.45) is 5.73 Å². The zero-order valence-electron chi connectivity index (χ0n) is 23.3. The molecule has 0 radical (unpaired) electrons. The van der Waals surface area contributed by atoms with Crippen LogP contribution >= 0.6 is 11.6 Å². The minimum atomic E-state index is -4.32. The number of halogens is 4. The summed E-state index contributed by atoms with van der Waals surface area (Å²) >= 11 is 6.55. The van der Waals surface area contributed by atoms with E-state index in [1.807, 2.05) is 4.90 Å². The van der Waals surface area contributed by atoms with Gasteiger partial charge < -0.3 is 25.8 Å². The molecule has 0 spiro atoms. The fourth-order valence-corrected chi connectivity index (χ4v) is 4.79. The number of rotatable bonds is 10.